The van der Waals surface area contributed by atoms with Crippen molar-refractivity contribution >= 4 is 27.8 Å². The third-order valence-electron chi connectivity index (χ3n) is 2.21. The quantitative estimate of drug-likeness (QED) is 0.896. The minimum atomic E-state index is 0.122. The zero-order valence-electron chi connectivity index (χ0n) is 9.72. The molecule has 2 rings (SSSR count). The number of halogens is 1. The van der Waals surface area contributed by atoms with Gasteiger partial charge >= 0.3 is 6.01 Å². The fourth-order valence-electron chi connectivity index (χ4n) is 1.36. The number of nitrogen functional groups attached to an aromatic ring is 1. The average Bonchev–Trinajstić information content (AvgIpc) is 2.37. The predicted octanol–water partition coefficient (Wildman–Crippen LogP) is 1.84. The molecule has 0 aliphatic rings. The van der Waals surface area contributed by atoms with Crippen molar-refractivity contribution in [1.29, 1.82) is 0 Å². The Kier molecular flexibility index (Phi) is 3.93. The van der Waals surface area contributed by atoms with Crippen molar-refractivity contribution < 1.29 is 4.74 Å². The first kappa shape index (κ1) is 12.6. The Morgan fingerprint density at radius 2 is 2.06 bits per heavy atom. The van der Waals surface area contributed by atoms with Gasteiger partial charge in [-0.15, -0.1) is 0 Å². The van der Waals surface area contributed by atoms with E-state index < -0.39 is 0 Å². The maximum Gasteiger partial charge on any atom is 0.322 e. The normalized spacial score (nSPS) is 10.1. The molecular formula is C11H12BrN5O. The Bertz CT molecular complexity index is 549. The number of anilines is 2. The number of nitrogens with two attached hydrogens (primary N) is 1. The number of nitrogens with zero attached hydrogens (tertiary/aromatic N) is 3. The van der Waals surface area contributed by atoms with Crippen LogP contribution < -0.4 is 15.8 Å². The van der Waals surface area contributed by atoms with Crippen LogP contribution >= 0.6 is 15.9 Å². The SMILES string of the molecule is COc1nc(N)nc(NCc2ccccc2Br)n1. The minimum Gasteiger partial charge on any atom is -0.467 e. The Morgan fingerprint density at radius 1 is 1.28 bits per heavy atom. The lowest BCUT2D eigenvalue weighted by atomic mass is 10.2. The molecule has 0 saturated carbocycles. The lowest BCUT2D eigenvalue weighted by molar-refractivity contribution is 0.379. The van der Waals surface area contributed by atoms with E-state index in [9.17, 15) is 0 Å². The van der Waals surface area contributed by atoms with Gasteiger partial charge in [0, 0.05) is 11.0 Å². The maximum atomic E-state index is 5.54. The molecule has 0 spiro atoms. The molecule has 1 heterocycles. The number of aromatic nitrogens is 3. The largest absolute Gasteiger partial charge is 0.467 e. The predicted molar refractivity (Wildman–Crippen MR) is 72.3 cm³/mol. The number of nitrogens with one attached hydrogen (secondary N) is 1. The summed E-state index contributed by atoms with van der Waals surface area (Å²) in [4.78, 5) is 11.8. The van der Waals surface area contributed by atoms with Crippen LogP contribution in [0.5, 0.6) is 6.01 Å². The molecule has 0 fully saturated rings. The minimum absolute atomic E-state index is 0.122. The number of methoxy groups -OCH3 is 1. The highest BCUT2D eigenvalue weighted by Gasteiger charge is 2.05. The van der Waals surface area contributed by atoms with Gasteiger partial charge in [0.1, 0.15) is 0 Å². The first-order chi connectivity index (χ1) is 8.69. The summed E-state index contributed by atoms with van der Waals surface area (Å²) in [5.41, 5.74) is 6.64. The molecule has 0 aliphatic heterocycles. The van der Waals surface area contributed by atoms with Gasteiger partial charge in [-0.1, -0.05) is 34.1 Å². The van der Waals surface area contributed by atoms with E-state index in [1.54, 1.807) is 0 Å². The number of rotatable bonds is 4. The first-order valence-corrected chi connectivity index (χ1v) is 6.01. The molecule has 18 heavy (non-hydrogen) atoms. The summed E-state index contributed by atoms with van der Waals surface area (Å²) in [5, 5.41) is 3.07. The van der Waals surface area contributed by atoms with Gasteiger partial charge in [0.2, 0.25) is 11.9 Å². The molecule has 0 aliphatic carbocycles. The smallest absolute Gasteiger partial charge is 0.322 e. The Labute approximate surface area is 113 Å². The molecular weight excluding hydrogens is 298 g/mol. The second kappa shape index (κ2) is 5.63. The highest BCUT2D eigenvalue weighted by Crippen LogP contribution is 2.17. The zero-order chi connectivity index (χ0) is 13.0. The summed E-state index contributed by atoms with van der Waals surface area (Å²) in [7, 11) is 1.48. The standard InChI is InChI=1S/C11H12BrN5O/c1-18-11-16-9(13)15-10(17-11)14-6-7-4-2-3-5-8(7)12/h2-5H,6H2,1H3,(H3,13,14,15,16,17). The lowest BCUT2D eigenvalue weighted by Gasteiger charge is -2.07. The van der Waals surface area contributed by atoms with Crippen LogP contribution in [0.4, 0.5) is 11.9 Å². The van der Waals surface area contributed by atoms with Crippen LogP contribution in [-0.4, -0.2) is 22.1 Å². The average molecular weight is 310 g/mol. The first-order valence-electron chi connectivity index (χ1n) is 5.22. The molecule has 2 aromatic rings. The molecule has 0 radical (unpaired) electrons. The molecule has 94 valence electrons. The van der Waals surface area contributed by atoms with Gasteiger partial charge in [-0.25, -0.2) is 0 Å². The van der Waals surface area contributed by atoms with Crippen LogP contribution in [0.2, 0.25) is 0 Å². The van der Waals surface area contributed by atoms with Gasteiger partial charge < -0.3 is 15.8 Å². The van der Waals surface area contributed by atoms with Crippen molar-refractivity contribution in [2.45, 2.75) is 6.54 Å². The third kappa shape index (κ3) is 3.07. The van der Waals surface area contributed by atoms with Gasteiger partial charge in [-0.05, 0) is 11.6 Å². The second-order valence-electron chi connectivity index (χ2n) is 3.45. The van der Waals surface area contributed by atoms with Crippen LogP contribution in [0.1, 0.15) is 5.56 Å². The third-order valence-corrected chi connectivity index (χ3v) is 2.98. The summed E-state index contributed by atoms with van der Waals surface area (Å²) < 4.78 is 5.94. The van der Waals surface area contributed by atoms with Crippen molar-refractivity contribution in [3.8, 4) is 6.01 Å². The van der Waals surface area contributed by atoms with E-state index in [0.717, 1.165) is 10.0 Å². The van der Waals surface area contributed by atoms with Crippen molar-refractivity contribution in [2.75, 3.05) is 18.2 Å². The fourth-order valence-corrected chi connectivity index (χ4v) is 1.78. The van der Waals surface area contributed by atoms with Crippen molar-refractivity contribution in [3.63, 3.8) is 0 Å². The van der Waals surface area contributed by atoms with E-state index in [1.807, 2.05) is 24.3 Å². The van der Waals surface area contributed by atoms with Crippen LogP contribution in [0.3, 0.4) is 0 Å². The Hall–Kier alpha value is -1.89. The van der Waals surface area contributed by atoms with E-state index in [0.29, 0.717) is 12.5 Å². The number of hydrogen-bond acceptors (Lipinski definition) is 6. The van der Waals surface area contributed by atoms with E-state index in [1.165, 1.54) is 7.11 Å². The molecule has 0 saturated heterocycles. The number of benzene rings is 1. The summed E-state index contributed by atoms with van der Waals surface area (Å²) in [6.07, 6.45) is 0. The molecule has 0 bridgehead atoms. The zero-order valence-corrected chi connectivity index (χ0v) is 11.3. The Balaban J connectivity index is 2.11. The summed E-state index contributed by atoms with van der Waals surface area (Å²) in [6.45, 7) is 0.577. The van der Waals surface area contributed by atoms with Gasteiger partial charge in [-0.3, -0.25) is 0 Å². The van der Waals surface area contributed by atoms with Crippen LogP contribution in [0, 0.1) is 0 Å². The van der Waals surface area contributed by atoms with Crippen molar-refractivity contribution in [2.24, 2.45) is 0 Å². The maximum absolute atomic E-state index is 5.54. The van der Waals surface area contributed by atoms with Crippen LogP contribution in [0.25, 0.3) is 0 Å². The summed E-state index contributed by atoms with van der Waals surface area (Å²) in [5.74, 6) is 0.506. The molecule has 1 aromatic carbocycles. The van der Waals surface area contributed by atoms with E-state index >= 15 is 0 Å². The molecule has 7 heteroatoms. The van der Waals surface area contributed by atoms with Crippen molar-refractivity contribution in [1.82, 2.24) is 15.0 Å². The van der Waals surface area contributed by atoms with Crippen LogP contribution in [0.15, 0.2) is 28.7 Å². The topological polar surface area (TPSA) is 86.0 Å². The molecule has 0 atom stereocenters. The summed E-state index contributed by atoms with van der Waals surface area (Å²) >= 11 is 3.47. The monoisotopic (exact) mass is 309 g/mol. The molecule has 3 N–H and O–H groups in total. The van der Waals surface area contributed by atoms with E-state index in [4.69, 9.17) is 10.5 Å². The summed E-state index contributed by atoms with van der Waals surface area (Å²) in [6, 6.07) is 8.08. The van der Waals surface area contributed by atoms with E-state index in [2.05, 4.69) is 36.2 Å². The number of ether oxygens (including phenoxy) is 1. The van der Waals surface area contributed by atoms with Gasteiger partial charge in [0.15, 0.2) is 0 Å². The lowest BCUT2D eigenvalue weighted by Crippen LogP contribution is -2.08. The van der Waals surface area contributed by atoms with E-state index in [-0.39, 0.29) is 12.0 Å². The van der Waals surface area contributed by atoms with Crippen LogP contribution in [-0.2, 0) is 6.54 Å². The molecule has 1 aromatic heterocycles. The van der Waals surface area contributed by atoms with Gasteiger partial charge in [-0.2, -0.15) is 15.0 Å². The van der Waals surface area contributed by atoms with Crippen molar-refractivity contribution in [3.05, 3.63) is 34.3 Å². The molecule has 0 unspecified atom stereocenters. The number of hydrogen-bond donors (Lipinski definition) is 2. The highest BCUT2D eigenvalue weighted by molar-refractivity contribution is 9.10. The van der Waals surface area contributed by atoms with Gasteiger partial charge in [0.25, 0.3) is 0 Å². The Morgan fingerprint density at radius 3 is 2.78 bits per heavy atom. The fraction of sp³-hybridized carbons (Fsp3) is 0.182. The molecule has 0 amide bonds. The second-order valence-corrected chi connectivity index (χ2v) is 4.30. The molecule has 6 nitrogen and oxygen atoms in total. The van der Waals surface area contributed by atoms with Gasteiger partial charge in [0.05, 0.1) is 7.11 Å². The highest BCUT2D eigenvalue weighted by atomic mass is 79.9.